The number of benzene rings is 1. The van der Waals surface area contributed by atoms with Gasteiger partial charge in [0, 0.05) is 19.3 Å². The number of carbonyl (C=O) groups is 1. The summed E-state index contributed by atoms with van der Waals surface area (Å²) in [7, 11) is 0. The van der Waals surface area contributed by atoms with Crippen LogP contribution in [-0.4, -0.2) is 37.3 Å². The van der Waals surface area contributed by atoms with E-state index in [4.69, 9.17) is 9.47 Å². The minimum absolute atomic E-state index is 0.117. The zero-order valence-corrected chi connectivity index (χ0v) is 15.0. The summed E-state index contributed by atoms with van der Waals surface area (Å²) in [6, 6.07) is 11.7. The molecule has 2 aromatic rings. The Labute approximate surface area is 149 Å². The predicted octanol–water partition coefficient (Wildman–Crippen LogP) is 3.03. The second-order valence-corrected chi connectivity index (χ2v) is 5.56. The van der Waals surface area contributed by atoms with Crippen LogP contribution in [0.4, 0.5) is 0 Å². The predicted molar refractivity (Wildman–Crippen MR) is 98.1 cm³/mol. The first-order valence-electron chi connectivity index (χ1n) is 8.76. The number of hydrogen-bond donors (Lipinski definition) is 1. The maximum atomic E-state index is 12.2. The number of nitrogens with zero attached hydrogens (tertiary/aromatic N) is 1. The highest BCUT2D eigenvalue weighted by atomic mass is 16.5. The Bertz CT molecular complexity index is 656. The monoisotopic (exact) mass is 342 g/mol. The third-order valence-corrected chi connectivity index (χ3v) is 3.81. The summed E-state index contributed by atoms with van der Waals surface area (Å²) in [5, 5.41) is 2.94. The van der Waals surface area contributed by atoms with Crippen molar-refractivity contribution < 1.29 is 14.3 Å². The molecule has 5 nitrogen and oxygen atoms in total. The Morgan fingerprint density at radius 3 is 2.64 bits per heavy atom. The number of amides is 1. The van der Waals surface area contributed by atoms with Crippen LogP contribution in [0.25, 0.3) is 0 Å². The SMILES string of the molecule is CCOCCOc1ccc(CCNC(=O)c2ncccc2CC)cc1. The summed E-state index contributed by atoms with van der Waals surface area (Å²) in [5.41, 5.74) is 2.63. The standard InChI is InChI=1S/C20H26N2O3/c1-3-17-6-5-12-21-19(17)20(23)22-13-11-16-7-9-18(10-8-16)25-15-14-24-4-2/h5-10,12H,3-4,11,13-15H2,1-2H3,(H,22,23). The van der Waals surface area contributed by atoms with E-state index in [1.807, 2.05) is 50.2 Å². The average molecular weight is 342 g/mol. The Hall–Kier alpha value is -2.40. The molecular weight excluding hydrogens is 316 g/mol. The van der Waals surface area contributed by atoms with Gasteiger partial charge in [0.1, 0.15) is 18.1 Å². The Morgan fingerprint density at radius 2 is 1.92 bits per heavy atom. The van der Waals surface area contributed by atoms with Gasteiger partial charge >= 0.3 is 0 Å². The molecule has 0 radical (unpaired) electrons. The molecule has 1 amide bonds. The van der Waals surface area contributed by atoms with Gasteiger partial charge in [-0.15, -0.1) is 0 Å². The lowest BCUT2D eigenvalue weighted by Crippen LogP contribution is -2.27. The number of ether oxygens (including phenoxy) is 2. The fourth-order valence-electron chi connectivity index (χ4n) is 2.45. The van der Waals surface area contributed by atoms with E-state index in [1.54, 1.807) is 6.20 Å². The van der Waals surface area contributed by atoms with E-state index in [1.165, 1.54) is 0 Å². The summed E-state index contributed by atoms with van der Waals surface area (Å²) < 4.78 is 10.8. The molecule has 1 heterocycles. The fraction of sp³-hybridized carbons (Fsp3) is 0.400. The lowest BCUT2D eigenvalue weighted by molar-refractivity contribution is 0.0948. The van der Waals surface area contributed by atoms with Crippen LogP contribution in [0.5, 0.6) is 5.75 Å². The van der Waals surface area contributed by atoms with Crippen molar-refractivity contribution in [1.29, 1.82) is 0 Å². The molecular formula is C20H26N2O3. The summed E-state index contributed by atoms with van der Waals surface area (Å²) in [4.78, 5) is 16.4. The number of hydrogen-bond acceptors (Lipinski definition) is 4. The van der Waals surface area contributed by atoms with Crippen molar-refractivity contribution in [3.8, 4) is 5.75 Å². The zero-order valence-electron chi connectivity index (χ0n) is 15.0. The van der Waals surface area contributed by atoms with Crippen molar-refractivity contribution in [2.45, 2.75) is 26.7 Å². The Balaban J connectivity index is 1.76. The molecule has 0 aliphatic rings. The van der Waals surface area contributed by atoms with Gasteiger partial charge in [-0.25, -0.2) is 0 Å². The maximum absolute atomic E-state index is 12.2. The van der Waals surface area contributed by atoms with Gasteiger partial charge in [0.25, 0.3) is 5.91 Å². The van der Waals surface area contributed by atoms with Crippen LogP contribution in [0, 0.1) is 0 Å². The summed E-state index contributed by atoms with van der Waals surface area (Å²) in [6.45, 7) is 6.40. The molecule has 134 valence electrons. The van der Waals surface area contributed by atoms with E-state index in [0.29, 0.717) is 32.1 Å². The van der Waals surface area contributed by atoms with Crippen LogP contribution in [0.1, 0.15) is 35.5 Å². The van der Waals surface area contributed by atoms with Crippen LogP contribution in [0.3, 0.4) is 0 Å². The van der Waals surface area contributed by atoms with Crippen molar-refractivity contribution in [2.24, 2.45) is 0 Å². The Kier molecular flexibility index (Phi) is 7.92. The molecule has 2 rings (SSSR count). The number of carbonyl (C=O) groups excluding carboxylic acids is 1. The molecule has 1 aromatic heterocycles. The van der Waals surface area contributed by atoms with E-state index >= 15 is 0 Å². The number of aromatic nitrogens is 1. The van der Waals surface area contributed by atoms with Crippen molar-refractivity contribution in [3.05, 3.63) is 59.4 Å². The van der Waals surface area contributed by atoms with Gasteiger partial charge in [-0.05, 0) is 49.1 Å². The van der Waals surface area contributed by atoms with E-state index in [-0.39, 0.29) is 5.91 Å². The first-order valence-corrected chi connectivity index (χ1v) is 8.76. The Morgan fingerprint density at radius 1 is 1.12 bits per heavy atom. The summed E-state index contributed by atoms with van der Waals surface area (Å²) in [6.07, 6.45) is 3.21. The third-order valence-electron chi connectivity index (χ3n) is 3.81. The molecule has 0 fully saturated rings. The highest BCUT2D eigenvalue weighted by Crippen LogP contribution is 2.12. The molecule has 1 N–H and O–H groups in total. The fourth-order valence-corrected chi connectivity index (χ4v) is 2.45. The topological polar surface area (TPSA) is 60.5 Å². The van der Waals surface area contributed by atoms with Gasteiger partial charge in [0.05, 0.1) is 6.61 Å². The van der Waals surface area contributed by atoms with Crippen molar-refractivity contribution in [1.82, 2.24) is 10.3 Å². The van der Waals surface area contributed by atoms with Crippen LogP contribution >= 0.6 is 0 Å². The third kappa shape index (κ3) is 6.19. The smallest absolute Gasteiger partial charge is 0.270 e. The second kappa shape index (κ2) is 10.5. The van der Waals surface area contributed by atoms with Gasteiger partial charge in [-0.3, -0.25) is 9.78 Å². The summed E-state index contributed by atoms with van der Waals surface area (Å²) >= 11 is 0. The van der Waals surface area contributed by atoms with E-state index < -0.39 is 0 Å². The van der Waals surface area contributed by atoms with Crippen molar-refractivity contribution in [2.75, 3.05) is 26.4 Å². The second-order valence-electron chi connectivity index (χ2n) is 5.56. The van der Waals surface area contributed by atoms with Crippen molar-refractivity contribution in [3.63, 3.8) is 0 Å². The van der Waals surface area contributed by atoms with Crippen LogP contribution in [0.2, 0.25) is 0 Å². The van der Waals surface area contributed by atoms with E-state index in [0.717, 1.165) is 29.7 Å². The molecule has 0 aliphatic heterocycles. The van der Waals surface area contributed by atoms with Gasteiger partial charge in [-0.2, -0.15) is 0 Å². The number of nitrogens with one attached hydrogen (secondary N) is 1. The molecule has 0 aliphatic carbocycles. The minimum atomic E-state index is -0.117. The lowest BCUT2D eigenvalue weighted by Gasteiger charge is -2.09. The average Bonchev–Trinajstić information content (AvgIpc) is 2.66. The minimum Gasteiger partial charge on any atom is -0.491 e. The van der Waals surface area contributed by atoms with E-state index in [2.05, 4.69) is 10.3 Å². The van der Waals surface area contributed by atoms with Gasteiger partial charge in [0.15, 0.2) is 0 Å². The zero-order chi connectivity index (χ0) is 17.9. The molecule has 1 aromatic carbocycles. The molecule has 0 bridgehead atoms. The molecule has 5 heteroatoms. The van der Waals surface area contributed by atoms with Crippen LogP contribution < -0.4 is 10.1 Å². The number of aryl methyl sites for hydroxylation is 1. The molecule has 0 saturated carbocycles. The molecule has 0 atom stereocenters. The maximum Gasteiger partial charge on any atom is 0.270 e. The molecule has 0 saturated heterocycles. The first-order chi connectivity index (χ1) is 12.2. The van der Waals surface area contributed by atoms with Gasteiger partial charge < -0.3 is 14.8 Å². The van der Waals surface area contributed by atoms with Crippen LogP contribution in [-0.2, 0) is 17.6 Å². The highest BCUT2D eigenvalue weighted by molar-refractivity contribution is 5.93. The van der Waals surface area contributed by atoms with Gasteiger partial charge in [-0.1, -0.05) is 25.1 Å². The summed E-state index contributed by atoms with van der Waals surface area (Å²) in [5.74, 6) is 0.710. The highest BCUT2D eigenvalue weighted by Gasteiger charge is 2.10. The molecule has 0 unspecified atom stereocenters. The normalized spacial score (nSPS) is 10.5. The van der Waals surface area contributed by atoms with E-state index in [9.17, 15) is 4.79 Å². The van der Waals surface area contributed by atoms with Gasteiger partial charge in [0.2, 0.25) is 0 Å². The van der Waals surface area contributed by atoms with Crippen LogP contribution in [0.15, 0.2) is 42.6 Å². The largest absolute Gasteiger partial charge is 0.491 e. The molecule has 25 heavy (non-hydrogen) atoms. The quantitative estimate of drug-likeness (QED) is 0.674. The first kappa shape index (κ1) is 18.9. The number of rotatable bonds is 10. The lowest BCUT2D eigenvalue weighted by atomic mass is 10.1. The van der Waals surface area contributed by atoms with Crippen molar-refractivity contribution >= 4 is 5.91 Å². The number of pyridine rings is 1. The molecule has 0 spiro atoms.